The third-order valence-electron chi connectivity index (χ3n) is 7.42. The summed E-state index contributed by atoms with van der Waals surface area (Å²) < 4.78 is 101. The van der Waals surface area contributed by atoms with Crippen LogP contribution in [0.1, 0.15) is 36.7 Å². The Kier molecular flexibility index (Phi) is 7.46. The first-order valence-electron chi connectivity index (χ1n) is 13.1. The lowest BCUT2D eigenvalue weighted by Crippen LogP contribution is -2.47. The molecule has 8 nitrogen and oxygen atoms in total. The van der Waals surface area contributed by atoms with Crippen LogP contribution in [-0.4, -0.2) is 32.3 Å². The van der Waals surface area contributed by atoms with Gasteiger partial charge in [-0.3, -0.25) is 4.90 Å². The van der Waals surface area contributed by atoms with Gasteiger partial charge in [-0.25, -0.2) is 18.8 Å². The molecule has 15 heteroatoms. The van der Waals surface area contributed by atoms with Crippen LogP contribution < -0.4 is 16.3 Å². The predicted molar refractivity (Wildman–Crippen MR) is 143 cm³/mol. The van der Waals surface area contributed by atoms with Gasteiger partial charge >= 0.3 is 29.8 Å². The SMILES string of the molecule is CC1(C)[C@H](n2oc(=O)n(-c3cccc(C(F)(F)F)c3)c2=O)N(c2cccc(C(F)(F)F)c2)C(=O)N1CCc1ccccc1F. The molecular weight excluding hydrogens is 601 g/mol. The molecule has 4 aromatic rings. The molecule has 1 atom stereocenters. The monoisotopic (exact) mass is 624 g/mol. The van der Waals surface area contributed by atoms with Gasteiger partial charge in [0.15, 0.2) is 6.17 Å². The van der Waals surface area contributed by atoms with E-state index >= 15 is 0 Å². The highest BCUT2D eigenvalue weighted by Crippen LogP contribution is 2.43. The minimum absolute atomic E-state index is 0.0188. The van der Waals surface area contributed by atoms with Gasteiger partial charge in [0.25, 0.3) is 0 Å². The van der Waals surface area contributed by atoms with Gasteiger partial charge in [-0.15, -0.1) is 4.74 Å². The van der Waals surface area contributed by atoms with Crippen LogP contribution in [0.25, 0.3) is 5.69 Å². The summed E-state index contributed by atoms with van der Waals surface area (Å²) in [6.07, 6.45) is -11.2. The first-order chi connectivity index (χ1) is 20.5. The van der Waals surface area contributed by atoms with E-state index in [9.17, 15) is 45.1 Å². The highest BCUT2D eigenvalue weighted by molar-refractivity contribution is 5.95. The maximum absolute atomic E-state index is 14.4. The largest absolute Gasteiger partial charge is 0.447 e. The Bertz CT molecular complexity index is 1840. The fourth-order valence-corrected chi connectivity index (χ4v) is 5.26. The zero-order valence-electron chi connectivity index (χ0n) is 23.0. The first kappa shape index (κ1) is 30.6. The summed E-state index contributed by atoms with van der Waals surface area (Å²) in [4.78, 5) is 42.5. The van der Waals surface area contributed by atoms with E-state index in [0.29, 0.717) is 21.4 Å². The summed E-state index contributed by atoms with van der Waals surface area (Å²) in [6, 6.07) is 11.9. The number of halogens is 7. The van der Waals surface area contributed by atoms with E-state index in [2.05, 4.69) is 0 Å². The van der Waals surface area contributed by atoms with Gasteiger partial charge in [-0.2, -0.15) is 30.9 Å². The molecule has 1 aliphatic heterocycles. The lowest BCUT2D eigenvalue weighted by molar-refractivity contribution is -0.138. The molecule has 1 saturated heterocycles. The van der Waals surface area contributed by atoms with E-state index in [-0.39, 0.29) is 24.2 Å². The molecule has 232 valence electrons. The van der Waals surface area contributed by atoms with Crippen LogP contribution in [0, 0.1) is 5.82 Å². The molecule has 0 radical (unpaired) electrons. The topological polar surface area (TPSA) is 80.7 Å². The number of alkyl halides is 6. The van der Waals surface area contributed by atoms with Crippen molar-refractivity contribution in [3.8, 4) is 5.69 Å². The minimum atomic E-state index is -4.80. The zero-order valence-corrected chi connectivity index (χ0v) is 23.0. The van der Waals surface area contributed by atoms with Crippen molar-refractivity contribution in [2.24, 2.45) is 0 Å². The molecule has 0 aliphatic carbocycles. The predicted octanol–water partition coefficient (Wildman–Crippen LogP) is 6.23. The Morgan fingerprint density at radius 3 is 1.95 bits per heavy atom. The highest BCUT2D eigenvalue weighted by Gasteiger charge is 2.55. The van der Waals surface area contributed by atoms with Crippen molar-refractivity contribution in [1.82, 2.24) is 14.2 Å². The Morgan fingerprint density at radius 2 is 1.36 bits per heavy atom. The smallest absolute Gasteiger partial charge is 0.315 e. The molecule has 3 aromatic carbocycles. The van der Waals surface area contributed by atoms with Gasteiger partial charge in [0, 0.05) is 12.2 Å². The summed E-state index contributed by atoms with van der Waals surface area (Å²) in [5.41, 5.74) is -5.61. The van der Waals surface area contributed by atoms with Crippen molar-refractivity contribution in [2.75, 3.05) is 11.4 Å². The maximum atomic E-state index is 14.4. The normalized spacial score (nSPS) is 17.0. The van der Waals surface area contributed by atoms with Gasteiger partial charge < -0.3 is 9.42 Å². The van der Waals surface area contributed by atoms with Crippen LogP contribution in [0.4, 0.5) is 41.2 Å². The molecular formula is C29H23F7N4O4. The summed E-state index contributed by atoms with van der Waals surface area (Å²) in [5.74, 6) is -1.95. The van der Waals surface area contributed by atoms with E-state index in [1.165, 1.54) is 43.0 Å². The summed E-state index contributed by atoms with van der Waals surface area (Å²) in [6.45, 7) is 2.75. The number of hydrogen-bond donors (Lipinski definition) is 0. The van der Waals surface area contributed by atoms with Crippen molar-refractivity contribution in [3.05, 3.63) is 116 Å². The van der Waals surface area contributed by atoms with Crippen molar-refractivity contribution in [3.63, 3.8) is 0 Å². The molecule has 0 spiro atoms. The van der Waals surface area contributed by atoms with E-state index < -0.39 is 64.2 Å². The Hall–Kier alpha value is -4.82. The summed E-state index contributed by atoms with van der Waals surface area (Å²) in [7, 11) is 0. The van der Waals surface area contributed by atoms with Gasteiger partial charge in [0.2, 0.25) is 0 Å². The molecule has 0 bridgehead atoms. The number of benzene rings is 3. The second-order valence-electron chi connectivity index (χ2n) is 10.6. The number of anilines is 1. The average Bonchev–Trinajstić information content (AvgIpc) is 3.34. The molecule has 1 fully saturated rings. The average molecular weight is 625 g/mol. The second kappa shape index (κ2) is 10.7. The van der Waals surface area contributed by atoms with Crippen LogP contribution in [-0.2, 0) is 18.8 Å². The highest BCUT2D eigenvalue weighted by atomic mass is 19.4. The Balaban J connectivity index is 1.65. The fraction of sp³-hybridized carbons (Fsp3) is 0.276. The number of carbonyl (C=O) groups excluding carboxylic acids is 1. The van der Waals surface area contributed by atoms with Gasteiger partial charge in [-0.1, -0.05) is 30.3 Å². The van der Waals surface area contributed by atoms with Crippen LogP contribution in [0.15, 0.2) is 86.9 Å². The standard InChI is InChI=1S/C29H23F7N4O4/c1-27(2)23(40-25(42)39(26(43)44-40)21-11-6-9-19(16-21)29(34,35)36)38(20-10-5-8-18(15-20)28(31,32)33)24(41)37(27)14-13-17-7-3-4-12-22(17)30/h3-12,15-16,23H,13-14H2,1-2H3/t23-/m0/s1. The molecule has 0 saturated carbocycles. The molecule has 2 heterocycles. The summed E-state index contributed by atoms with van der Waals surface area (Å²) >= 11 is 0. The summed E-state index contributed by atoms with van der Waals surface area (Å²) in [5, 5.41) is 0. The van der Waals surface area contributed by atoms with E-state index in [0.717, 1.165) is 35.2 Å². The molecule has 0 unspecified atom stereocenters. The van der Waals surface area contributed by atoms with Crippen molar-refractivity contribution >= 4 is 11.7 Å². The lowest BCUT2D eigenvalue weighted by Gasteiger charge is -2.34. The van der Waals surface area contributed by atoms with E-state index in [4.69, 9.17) is 4.52 Å². The van der Waals surface area contributed by atoms with Gasteiger partial charge in [0.05, 0.1) is 22.4 Å². The molecule has 44 heavy (non-hydrogen) atoms. The van der Waals surface area contributed by atoms with E-state index in [1.54, 1.807) is 6.07 Å². The van der Waals surface area contributed by atoms with Crippen LogP contribution in [0.3, 0.4) is 0 Å². The Morgan fingerprint density at radius 1 is 0.795 bits per heavy atom. The van der Waals surface area contributed by atoms with Gasteiger partial charge in [-0.05, 0) is 68.3 Å². The number of amides is 2. The number of carbonyl (C=O) groups is 1. The number of rotatable bonds is 6. The molecule has 1 aromatic heterocycles. The third kappa shape index (κ3) is 5.37. The van der Waals surface area contributed by atoms with Crippen LogP contribution in [0.2, 0.25) is 0 Å². The van der Waals surface area contributed by atoms with Crippen molar-refractivity contribution in [1.29, 1.82) is 0 Å². The minimum Gasteiger partial charge on any atom is -0.315 e. The molecule has 5 rings (SSSR count). The van der Waals surface area contributed by atoms with Gasteiger partial charge in [0.1, 0.15) is 5.82 Å². The zero-order chi connectivity index (χ0) is 32.2. The first-order valence-corrected chi connectivity index (χ1v) is 13.1. The fourth-order valence-electron chi connectivity index (χ4n) is 5.26. The number of nitrogens with zero attached hydrogens (tertiary/aromatic N) is 4. The van der Waals surface area contributed by atoms with E-state index in [1.807, 2.05) is 0 Å². The third-order valence-corrected chi connectivity index (χ3v) is 7.42. The lowest BCUT2D eigenvalue weighted by atomic mass is 9.99. The van der Waals surface area contributed by atoms with Crippen molar-refractivity contribution < 1.29 is 40.1 Å². The Labute approximate surface area is 244 Å². The second-order valence-corrected chi connectivity index (χ2v) is 10.6. The van der Waals surface area contributed by atoms with Crippen LogP contribution >= 0.6 is 0 Å². The number of hydrogen-bond acceptors (Lipinski definition) is 4. The maximum Gasteiger partial charge on any atom is 0.447 e. The molecule has 2 amide bonds. The quantitative estimate of drug-likeness (QED) is 0.238. The number of urea groups is 1. The molecule has 0 N–H and O–H groups in total. The molecule has 1 aliphatic rings. The number of aromatic nitrogens is 2. The van der Waals surface area contributed by atoms with Crippen molar-refractivity contribution in [2.45, 2.75) is 44.3 Å². The van der Waals surface area contributed by atoms with Crippen LogP contribution in [0.5, 0.6) is 0 Å².